The van der Waals surface area contributed by atoms with E-state index in [0.29, 0.717) is 19.3 Å². The first-order valence-electron chi connectivity index (χ1n) is 28.8. The average Bonchev–Trinajstić information content (AvgIpc) is 3.39. The Labute approximate surface area is 450 Å². The topological polar surface area (TPSA) is 155 Å². The molecule has 0 rings (SSSR count). The van der Waals surface area contributed by atoms with E-state index in [1.54, 1.807) is 0 Å². The maximum absolute atomic E-state index is 12.9. The van der Waals surface area contributed by atoms with E-state index >= 15 is 0 Å². The van der Waals surface area contributed by atoms with Crippen molar-refractivity contribution in [2.45, 2.75) is 238 Å². The highest BCUT2D eigenvalue weighted by atomic mass is 31.2. The van der Waals surface area contributed by atoms with Gasteiger partial charge in [-0.15, -0.1) is 0 Å². The van der Waals surface area contributed by atoms with Gasteiger partial charge in [0.2, 0.25) is 0 Å². The van der Waals surface area contributed by atoms with E-state index < -0.39 is 57.8 Å². The Morgan fingerprint density at radius 3 is 1.16 bits per heavy atom. The van der Waals surface area contributed by atoms with Crippen molar-refractivity contribution < 1.29 is 52.2 Å². The number of allylic oxidation sites excluding steroid dienone is 18. The number of aliphatic hydroxyl groups is 1. The van der Waals surface area contributed by atoms with Crippen molar-refractivity contribution in [3.8, 4) is 0 Å². The predicted octanol–water partition coefficient (Wildman–Crippen LogP) is 17.0. The second-order valence-electron chi connectivity index (χ2n) is 18.7. The SMILES string of the molecule is CC/C=C\C/C=C\C/C=C\C/C=C\CCCCC(=O)OC(CO)COP(=O)(O)OCC(COC(=O)CCCCCCC/C=C\C/C=C\CCC)OC(=O)CCCCCCCC/C=C\C/C=C\C/C=C\CCCCC. The standard InChI is InChI=1S/C62H103O11P/c1-4-7-10-13-16-19-22-25-27-28-29-30-32-35-38-41-44-47-50-53-62(66)73-59(55-69-60(64)51-48-45-42-39-36-33-24-21-18-15-12-9-6-3)57-71-74(67,68)70-56-58(54-63)72-61(65)52-49-46-43-40-37-34-31-26-23-20-17-14-11-8-5-2/h8,11-12,15-17,19-21,24-27,29-31,37,40,58-59,63H,4-7,9-10,13-14,18,22-23,28,32-36,38-39,41-57H2,1-3H3,(H,67,68)/b11-8-,15-12-,19-16-,20-17-,24-21-,27-25-,30-29-,31-26-,40-37-. The lowest BCUT2D eigenvalue weighted by Gasteiger charge is -2.21. The molecule has 11 nitrogen and oxygen atoms in total. The van der Waals surface area contributed by atoms with E-state index in [4.69, 9.17) is 23.3 Å². The lowest BCUT2D eigenvalue weighted by molar-refractivity contribution is -0.161. The number of ether oxygens (including phenoxy) is 3. The average molecular weight is 1060 g/mol. The fourth-order valence-electron chi connectivity index (χ4n) is 7.27. The van der Waals surface area contributed by atoms with Crippen molar-refractivity contribution in [2.75, 3.05) is 26.4 Å². The second kappa shape index (κ2) is 55.4. The zero-order chi connectivity index (χ0) is 54.1. The van der Waals surface area contributed by atoms with E-state index in [2.05, 4.69) is 130 Å². The summed E-state index contributed by atoms with van der Waals surface area (Å²) in [7, 11) is -4.77. The molecule has 0 aromatic rings. The summed E-state index contributed by atoms with van der Waals surface area (Å²) in [5.74, 6) is -1.55. The highest BCUT2D eigenvalue weighted by molar-refractivity contribution is 7.47. The third kappa shape index (κ3) is 53.0. The van der Waals surface area contributed by atoms with Gasteiger partial charge in [-0.25, -0.2) is 4.57 Å². The molecule has 0 heterocycles. The Balaban J connectivity index is 4.81. The van der Waals surface area contributed by atoms with E-state index in [1.807, 2.05) is 0 Å². The maximum Gasteiger partial charge on any atom is 0.472 e. The molecule has 12 heteroatoms. The quantitative estimate of drug-likeness (QED) is 0.0197. The van der Waals surface area contributed by atoms with Gasteiger partial charge in [0.05, 0.1) is 19.8 Å². The first-order chi connectivity index (χ1) is 36.2. The van der Waals surface area contributed by atoms with Gasteiger partial charge in [-0.1, -0.05) is 194 Å². The summed E-state index contributed by atoms with van der Waals surface area (Å²) in [6, 6.07) is 0. The fraction of sp³-hybridized carbons (Fsp3) is 0.661. The molecule has 0 aliphatic carbocycles. The number of rotatable bonds is 52. The summed E-state index contributed by atoms with van der Waals surface area (Å²) in [6.07, 6.45) is 66.2. The number of unbranched alkanes of at least 4 members (excludes halogenated alkanes) is 17. The van der Waals surface area contributed by atoms with Crippen molar-refractivity contribution in [3.05, 3.63) is 109 Å². The van der Waals surface area contributed by atoms with E-state index in [-0.39, 0.29) is 25.9 Å². The largest absolute Gasteiger partial charge is 0.472 e. The van der Waals surface area contributed by atoms with Crippen LogP contribution in [0.2, 0.25) is 0 Å². The number of carbonyl (C=O) groups excluding carboxylic acids is 3. The molecular weight excluding hydrogens is 952 g/mol. The van der Waals surface area contributed by atoms with Crippen molar-refractivity contribution in [3.63, 3.8) is 0 Å². The zero-order valence-corrected chi connectivity index (χ0v) is 47.4. The van der Waals surface area contributed by atoms with Gasteiger partial charge in [0.15, 0.2) is 6.10 Å². The van der Waals surface area contributed by atoms with Crippen LogP contribution in [0.5, 0.6) is 0 Å². The number of carbonyl (C=O) groups is 3. The second-order valence-corrected chi connectivity index (χ2v) is 20.2. The third-order valence-corrected chi connectivity index (χ3v) is 12.6. The van der Waals surface area contributed by atoms with Crippen LogP contribution in [-0.4, -0.2) is 66.5 Å². The van der Waals surface area contributed by atoms with Crippen LogP contribution in [0.3, 0.4) is 0 Å². The maximum atomic E-state index is 12.9. The molecule has 0 aliphatic rings. The van der Waals surface area contributed by atoms with Crippen molar-refractivity contribution in [2.24, 2.45) is 0 Å². The molecule has 3 unspecified atom stereocenters. The van der Waals surface area contributed by atoms with Crippen molar-refractivity contribution in [1.82, 2.24) is 0 Å². The van der Waals surface area contributed by atoms with Crippen LogP contribution in [0, 0.1) is 0 Å². The van der Waals surface area contributed by atoms with Gasteiger partial charge in [-0.2, -0.15) is 0 Å². The minimum atomic E-state index is -4.77. The summed E-state index contributed by atoms with van der Waals surface area (Å²) in [5.41, 5.74) is 0. The molecular formula is C62H103O11P. The Morgan fingerprint density at radius 1 is 0.392 bits per heavy atom. The van der Waals surface area contributed by atoms with Crippen LogP contribution in [0.1, 0.15) is 226 Å². The van der Waals surface area contributed by atoms with Gasteiger partial charge in [-0.05, 0) is 122 Å². The van der Waals surface area contributed by atoms with Crippen LogP contribution in [0.4, 0.5) is 0 Å². The molecule has 0 aliphatic heterocycles. The summed E-state index contributed by atoms with van der Waals surface area (Å²) in [6.45, 7) is 4.35. The summed E-state index contributed by atoms with van der Waals surface area (Å²) >= 11 is 0. The van der Waals surface area contributed by atoms with Gasteiger partial charge < -0.3 is 24.2 Å². The molecule has 0 bridgehead atoms. The fourth-order valence-corrected chi connectivity index (χ4v) is 8.06. The molecule has 0 radical (unpaired) electrons. The molecule has 74 heavy (non-hydrogen) atoms. The Kier molecular flexibility index (Phi) is 52.5. The number of hydrogen-bond acceptors (Lipinski definition) is 10. The summed E-state index contributed by atoms with van der Waals surface area (Å²) in [4.78, 5) is 48.5. The molecule has 0 saturated carbocycles. The van der Waals surface area contributed by atoms with Gasteiger partial charge in [0.1, 0.15) is 12.7 Å². The van der Waals surface area contributed by atoms with Crippen LogP contribution in [0.15, 0.2) is 109 Å². The van der Waals surface area contributed by atoms with Gasteiger partial charge >= 0.3 is 25.7 Å². The zero-order valence-electron chi connectivity index (χ0n) is 46.5. The first-order valence-corrected chi connectivity index (χ1v) is 30.3. The summed E-state index contributed by atoms with van der Waals surface area (Å²) in [5, 5.41) is 9.80. The van der Waals surface area contributed by atoms with Crippen molar-refractivity contribution in [1.29, 1.82) is 0 Å². The molecule has 0 amide bonds. The number of hydrogen-bond donors (Lipinski definition) is 2. The molecule has 0 saturated heterocycles. The Bertz CT molecular complexity index is 1660. The van der Waals surface area contributed by atoms with Crippen molar-refractivity contribution >= 4 is 25.7 Å². The summed E-state index contributed by atoms with van der Waals surface area (Å²) < 4.78 is 39.4. The lowest BCUT2D eigenvalue weighted by Crippen LogP contribution is -2.30. The highest BCUT2D eigenvalue weighted by Crippen LogP contribution is 2.43. The molecule has 422 valence electrons. The molecule has 0 aromatic carbocycles. The van der Waals surface area contributed by atoms with Crippen LogP contribution in [0.25, 0.3) is 0 Å². The minimum absolute atomic E-state index is 0.118. The molecule has 0 fully saturated rings. The Morgan fingerprint density at radius 2 is 0.730 bits per heavy atom. The van der Waals surface area contributed by atoms with E-state index in [1.165, 1.54) is 25.7 Å². The van der Waals surface area contributed by atoms with Crippen LogP contribution < -0.4 is 0 Å². The molecule has 0 spiro atoms. The normalized spacial score (nSPS) is 14.2. The number of phosphoric acid groups is 1. The van der Waals surface area contributed by atoms with Crippen LogP contribution >= 0.6 is 7.82 Å². The van der Waals surface area contributed by atoms with Crippen LogP contribution in [-0.2, 0) is 42.2 Å². The highest BCUT2D eigenvalue weighted by Gasteiger charge is 2.28. The van der Waals surface area contributed by atoms with Gasteiger partial charge in [-0.3, -0.25) is 23.4 Å². The first kappa shape index (κ1) is 70.1. The third-order valence-electron chi connectivity index (χ3n) is 11.6. The lowest BCUT2D eigenvalue weighted by atomic mass is 10.1. The predicted molar refractivity (Wildman–Crippen MR) is 307 cm³/mol. The molecule has 2 N–H and O–H groups in total. The minimum Gasteiger partial charge on any atom is -0.462 e. The monoisotopic (exact) mass is 1050 g/mol. The van der Waals surface area contributed by atoms with E-state index in [0.717, 1.165) is 141 Å². The molecule has 3 atom stereocenters. The van der Waals surface area contributed by atoms with E-state index in [9.17, 15) is 28.9 Å². The Hall–Kier alpha value is -3.86. The number of aliphatic hydroxyl groups excluding tert-OH is 1. The smallest absolute Gasteiger partial charge is 0.462 e. The van der Waals surface area contributed by atoms with Gasteiger partial charge in [0, 0.05) is 19.3 Å². The number of esters is 3. The molecule has 0 aromatic heterocycles. The van der Waals surface area contributed by atoms with Gasteiger partial charge in [0.25, 0.3) is 0 Å². The number of phosphoric ester groups is 1.